The molecule has 4 nitrogen and oxygen atoms in total. The molecule has 0 radical (unpaired) electrons. The maximum atomic E-state index is 12.4. The Balaban J connectivity index is 1.94. The number of nitrogens with two attached hydrogens (primary N) is 1. The Hall–Kier alpha value is -0.610. The van der Waals surface area contributed by atoms with Crippen molar-refractivity contribution in [2.45, 2.75) is 52.1 Å². The predicted molar refractivity (Wildman–Crippen MR) is 71.0 cm³/mol. The van der Waals surface area contributed by atoms with Crippen LogP contribution in [0, 0.1) is 17.3 Å². The van der Waals surface area contributed by atoms with Crippen molar-refractivity contribution in [2.24, 2.45) is 23.0 Å². The van der Waals surface area contributed by atoms with Gasteiger partial charge in [-0.25, -0.2) is 0 Å². The number of amides is 1. The lowest BCUT2D eigenvalue weighted by Gasteiger charge is -2.35. The quantitative estimate of drug-likeness (QED) is 0.780. The van der Waals surface area contributed by atoms with E-state index in [4.69, 9.17) is 10.5 Å². The summed E-state index contributed by atoms with van der Waals surface area (Å²) < 4.78 is 5.34. The van der Waals surface area contributed by atoms with E-state index in [1.807, 2.05) is 6.92 Å². The van der Waals surface area contributed by atoms with E-state index >= 15 is 0 Å². The molecule has 4 unspecified atom stereocenters. The molecule has 1 saturated carbocycles. The van der Waals surface area contributed by atoms with Gasteiger partial charge in [-0.15, -0.1) is 0 Å². The smallest absolute Gasteiger partial charge is 0.230 e. The van der Waals surface area contributed by atoms with E-state index in [1.54, 1.807) is 0 Å². The van der Waals surface area contributed by atoms with Crippen LogP contribution >= 0.6 is 0 Å². The molecular weight excluding hydrogens is 228 g/mol. The fourth-order valence-corrected chi connectivity index (χ4v) is 3.34. The van der Waals surface area contributed by atoms with Gasteiger partial charge in [0.05, 0.1) is 18.6 Å². The second kappa shape index (κ2) is 5.17. The molecule has 2 fully saturated rings. The summed E-state index contributed by atoms with van der Waals surface area (Å²) >= 11 is 0. The van der Waals surface area contributed by atoms with Gasteiger partial charge in [0.1, 0.15) is 0 Å². The van der Waals surface area contributed by atoms with Crippen molar-refractivity contribution in [3.8, 4) is 0 Å². The second-order valence-corrected chi connectivity index (χ2v) is 6.63. The number of nitrogens with one attached hydrogen (secondary N) is 1. The van der Waals surface area contributed by atoms with Gasteiger partial charge >= 0.3 is 0 Å². The molecule has 1 amide bonds. The first-order valence-electron chi connectivity index (χ1n) is 7.06. The van der Waals surface area contributed by atoms with E-state index in [0.717, 1.165) is 12.8 Å². The third-order valence-electron chi connectivity index (χ3n) is 4.55. The lowest BCUT2D eigenvalue weighted by molar-refractivity contribution is -0.131. The van der Waals surface area contributed by atoms with Crippen molar-refractivity contribution in [2.75, 3.05) is 13.2 Å². The summed E-state index contributed by atoms with van der Waals surface area (Å²) in [5.41, 5.74) is 5.44. The molecule has 2 rings (SSSR count). The molecule has 1 saturated heterocycles. The molecule has 1 aliphatic carbocycles. The van der Waals surface area contributed by atoms with Gasteiger partial charge in [0.15, 0.2) is 0 Å². The average Bonchev–Trinajstić information content (AvgIpc) is 2.59. The number of carbonyl (C=O) groups excluding carboxylic acids is 1. The summed E-state index contributed by atoms with van der Waals surface area (Å²) in [6.45, 7) is 7.37. The van der Waals surface area contributed by atoms with Crippen LogP contribution in [0.25, 0.3) is 0 Å². The second-order valence-electron chi connectivity index (χ2n) is 6.63. The molecule has 0 aromatic rings. The maximum Gasteiger partial charge on any atom is 0.230 e. The van der Waals surface area contributed by atoms with Gasteiger partial charge in [0, 0.05) is 12.1 Å². The molecule has 1 aliphatic heterocycles. The van der Waals surface area contributed by atoms with Crippen LogP contribution in [0.3, 0.4) is 0 Å². The Morgan fingerprint density at radius 3 is 2.39 bits per heavy atom. The van der Waals surface area contributed by atoms with Gasteiger partial charge in [-0.2, -0.15) is 0 Å². The summed E-state index contributed by atoms with van der Waals surface area (Å²) in [4.78, 5) is 12.4. The van der Waals surface area contributed by atoms with E-state index in [0.29, 0.717) is 31.1 Å². The van der Waals surface area contributed by atoms with Gasteiger partial charge in [-0.05, 0) is 38.0 Å². The van der Waals surface area contributed by atoms with Crippen molar-refractivity contribution in [1.29, 1.82) is 0 Å². The lowest BCUT2D eigenvalue weighted by Crippen LogP contribution is -2.53. The number of rotatable bonds is 2. The normalized spacial score (nSPS) is 44.9. The largest absolute Gasteiger partial charge is 0.379 e. The van der Waals surface area contributed by atoms with E-state index in [9.17, 15) is 4.79 Å². The van der Waals surface area contributed by atoms with E-state index in [1.165, 1.54) is 6.42 Å². The molecule has 0 bridgehead atoms. The zero-order chi connectivity index (χ0) is 13.3. The van der Waals surface area contributed by atoms with Crippen molar-refractivity contribution in [1.82, 2.24) is 5.32 Å². The molecule has 18 heavy (non-hydrogen) atoms. The minimum absolute atomic E-state index is 0.0683. The maximum absolute atomic E-state index is 12.4. The van der Waals surface area contributed by atoms with Gasteiger partial charge in [0.2, 0.25) is 5.91 Å². The summed E-state index contributed by atoms with van der Waals surface area (Å²) in [6.07, 6.45) is 3.44. The van der Waals surface area contributed by atoms with Crippen molar-refractivity contribution in [3.05, 3.63) is 0 Å². The number of hydrogen-bond acceptors (Lipinski definition) is 3. The highest BCUT2D eigenvalue weighted by Gasteiger charge is 2.45. The molecule has 0 aromatic carbocycles. The minimum atomic E-state index is -0.552. The molecule has 0 spiro atoms. The summed E-state index contributed by atoms with van der Waals surface area (Å²) in [6, 6.07) is 0.122. The van der Waals surface area contributed by atoms with E-state index in [2.05, 4.69) is 19.2 Å². The van der Waals surface area contributed by atoms with Crippen LogP contribution in [0.15, 0.2) is 0 Å². The molecular formula is C14H26N2O2. The summed E-state index contributed by atoms with van der Waals surface area (Å²) in [5, 5.41) is 3.19. The van der Waals surface area contributed by atoms with Crippen molar-refractivity contribution >= 4 is 5.91 Å². The van der Waals surface area contributed by atoms with Gasteiger partial charge in [-0.3, -0.25) is 4.79 Å². The predicted octanol–water partition coefficient (Wildman–Crippen LogP) is 1.29. The van der Waals surface area contributed by atoms with Gasteiger partial charge < -0.3 is 15.8 Å². The first-order chi connectivity index (χ1) is 8.41. The fourth-order valence-electron chi connectivity index (χ4n) is 3.34. The first kappa shape index (κ1) is 13.8. The highest BCUT2D eigenvalue weighted by Crippen LogP contribution is 2.31. The Kier molecular flexibility index (Phi) is 3.97. The van der Waals surface area contributed by atoms with E-state index in [-0.39, 0.29) is 11.9 Å². The fraction of sp³-hybridized carbons (Fsp3) is 0.929. The van der Waals surface area contributed by atoms with Crippen molar-refractivity contribution < 1.29 is 9.53 Å². The molecule has 1 heterocycles. The average molecular weight is 254 g/mol. The Bertz CT molecular complexity index is 311. The van der Waals surface area contributed by atoms with Crippen LogP contribution in [0.4, 0.5) is 0 Å². The Morgan fingerprint density at radius 2 is 1.89 bits per heavy atom. The van der Waals surface area contributed by atoms with Gasteiger partial charge in [-0.1, -0.05) is 13.8 Å². The molecule has 3 N–H and O–H groups in total. The highest BCUT2D eigenvalue weighted by atomic mass is 16.5. The van der Waals surface area contributed by atoms with Gasteiger partial charge in [0.25, 0.3) is 0 Å². The molecule has 2 aliphatic rings. The monoisotopic (exact) mass is 254 g/mol. The molecule has 4 atom stereocenters. The third-order valence-corrected chi connectivity index (χ3v) is 4.55. The highest BCUT2D eigenvalue weighted by molar-refractivity contribution is 5.83. The lowest BCUT2D eigenvalue weighted by atomic mass is 9.79. The number of carbonyl (C=O) groups is 1. The van der Waals surface area contributed by atoms with Crippen LogP contribution in [0.1, 0.15) is 40.0 Å². The SMILES string of the molecule is CC1CC(C)CC(NC(=O)C2(C)COCC2N)C1. The number of hydrogen-bond donors (Lipinski definition) is 2. The Morgan fingerprint density at radius 1 is 1.28 bits per heavy atom. The molecule has 0 aromatic heterocycles. The molecule has 104 valence electrons. The van der Waals surface area contributed by atoms with Crippen LogP contribution in [0.2, 0.25) is 0 Å². The van der Waals surface area contributed by atoms with Crippen molar-refractivity contribution in [3.63, 3.8) is 0 Å². The third kappa shape index (κ3) is 2.69. The minimum Gasteiger partial charge on any atom is -0.379 e. The Labute approximate surface area is 110 Å². The topological polar surface area (TPSA) is 64.3 Å². The first-order valence-corrected chi connectivity index (χ1v) is 7.06. The van der Waals surface area contributed by atoms with Crippen LogP contribution < -0.4 is 11.1 Å². The number of ether oxygens (including phenoxy) is 1. The van der Waals surface area contributed by atoms with Crippen LogP contribution in [0.5, 0.6) is 0 Å². The summed E-state index contributed by atoms with van der Waals surface area (Å²) in [5.74, 6) is 1.46. The zero-order valence-corrected chi connectivity index (χ0v) is 11.7. The zero-order valence-electron chi connectivity index (χ0n) is 11.7. The summed E-state index contributed by atoms with van der Waals surface area (Å²) in [7, 11) is 0. The van der Waals surface area contributed by atoms with E-state index < -0.39 is 5.41 Å². The standard InChI is InChI=1S/C14H26N2O2/c1-9-4-10(2)6-11(5-9)16-13(17)14(3)8-18-7-12(14)15/h9-12H,4-8,15H2,1-3H3,(H,16,17). The van der Waals surface area contributed by atoms with Crippen LogP contribution in [-0.2, 0) is 9.53 Å². The van der Waals surface area contributed by atoms with Crippen LogP contribution in [-0.4, -0.2) is 31.2 Å². The molecule has 4 heteroatoms.